The Kier molecular flexibility index (Phi) is 12.1. The lowest BCUT2D eigenvalue weighted by Crippen LogP contribution is -2.29. The summed E-state index contributed by atoms with van der Waals surface area (Å²) < 4.78 is 0. The zero-order valence-corrected chi connectivity index (χ0v) is 21.9. The first-order valence-corrected chi connectivity index (χ1v) is 12.5. The van der Waals surface area contributed by atoms with Crippen molar-refractivity contribution in [2.45, 2.75) is 75.5 Å². The number of unbranched alkanes of at least 4 members (excludes halogenated alkanes) is 7. The molecule has 3 aromatic rings. The minimum Gasteiger partial charge on any atom is -0.153 e. The number of hydrogen-bond donors (Lipinski definition) is 0. The van der Waals surface area contributed by atoms with Crippen LogP contribution in [-0.4, -0.2) is 0 Å². The van der Waals surface area contributed by atoms with Crippen LogP contribution in [0.15, 0.2) is 91.0 Å². The van der Waals surface area contributed by atoms with Gasteiger partial charge in [0, 0.05) is 5.92 Å². The van der Waals surface area contributed by atoms with Gasteiger partial charge in [0.1, 0.15) is 4.87 Å². The molecule has 2 unspecified atom stereocenters. The predicted octanol–water partition coefficient (Wildman–Crippen LogP) is 9.54. The average molecular weight is 467 g/mol. The van der Waals surface area contributed by atoms with Gasteiger partial charge >= 0.3 is 0 Å². The molecule has 0 radical (unpaired) electrons. The Morgan fingerprint density at radius 1 is 0.594 bits per heavy atom. The molecule has 2 atom stereocenters. The molecule has 3 aromatic carbocycles. The van der Waals surface area contributed by atoms with Crippen molar-refractivity contribution in [2.24, 2.45) is 0 Å². The highest BCUT2D eigenvalue weighted by atomic mass is 35.5. The maximum atomic E-state index is 7.69. The molecule has 0 aliphatic carbocycles. The van der Waals surface area contributed by atoms with Crippen LogP contribution in [0.4, 0.5) is 0 Å². The van der Waals surface area contributed by atoms with Crippen LogP contribution < -0.4 is 0 Å². The average Bonchev–Trinajstić information content (AvgIpc) is 2.84. The third-order valence-corrected chi connectivity index (χ3v) is 7.12. The van der Waals surface area contributed by atoms with Crippen molar-refractivity contribution in [3.63, 3.8) is 0 Å². The third-order valence-electron chi connectivity index (χ3n) is 6.42. The minimum atomic E-state index is -0.578. The van der Waals surface area contributed by atoms with Gasteiger partial charge in [0.25, 0.3) is 0 Å². The number of halogens is 1. The maximum Gasteiger partial charge on any atom is 0.101 e. The fourth-order valence-corrected chi connectivity index (χ4v) is 5.18. The Morgan fingerprint density at radius 3 is 1.47 bits per heavy atom. The summed E-state index contributed by atoms with van der Waals surface area (Å²) in [5.41, 5.74) is 3.68. The molecule has 0 heterocycles. The van der Waals surface area contributed by atoms with Crippen LogP contribution >= 0.6 is 21.5 Å². The lowest BCUT2D eigenvalue weighted by atomic mass is 9.74. The van der Waals surface area contributed by atoms with Crippen LogP contribution in [-0.2, 0) is 4.87 Å². The number of alkyl halides is 1. The van der Waals surface area contributed by atoms with E-state index >= 15 is 0 Å². The molecular formula is C30H40ClP. The number of rotatable bonds is 13. The van der Waals surface area contributed by atoms with E-state index in [4.69, 9.17) is 11.6 Å². The molecular weight excluding hydrogens is 427 g/mol. The molecule has 0 saturated heterocycles. The summed E-state index contributed by atoms with van der Waals surface area (Å²) in [5, 5.41) is 0. The molecule has 0 aliphatic rings. The summed E-state index contributed by atoms with van der Waals surface area (Å²) in [6.45, 7) is 2.28. The first kappa shape index (κ1) is 26.6. The highest BCUT2D eigenvalue weighted by Crippen LogP contribution is 2.50. The lowest BCUT2D eigenvalue weighted by Gasteiger charge is -2.37. The van der Waals surface area contributed by atoms with Gasteiger partial charge < -0.3 is 0 Å². The second-order valence-corrected chi connectivity index (χ2v) is 9.27. The van der Waals surface area contributed by atoms with Crippen molar-refractivity contribution in [3.8, 4) is 0 Å². The molecule has 0 amide bonds. The molecule has 0 fully saturated rings. The first-order valence-electron chi connectivity index (χ1n) is 12.1. The second kappa shape index (κ2) is 14.5. The molecule has 2 heteroatoms. The van der Waals surface area contributed by atoms with E-state index in [1.54, 1.807) is 0 Å². The van der Waals surface area contributed by atoms with Crippen molar-refractivity contribution < 1.29 is 0 Å². The van der Waals surface area contributed by atoms with Gasteiger partial charge in [0.2, 0.25) is 0 Å². The zero-order chi connectivity index (χ0) is 21.8. The SMILES string of the molecule is CCCCCCCCCCC(c1ccccc1)C(Cl)(c1ccccc1)c1ccccc1.P. The molecule has 32 heavy (non-hydrogen) atoms. The Hall–Kier alpha value is -1.62. The second-order valence-electron chi connectivity index (χ2n) is 8.67. The normalized spacial score (nSPS) is 12.2. The molecule has 0 N–H and O–H groups in total. The molecule has 0 spiro atoms. The van der Waals surface area contributed by atoms with Crippen molar-refractivity contribution in [3.05, 3.63) is 108 Å². The van der Waals surface area contributed by atoms with E-state index in [-0.39, 0.29) is 15.8 Å². The van der Waals surface area contributed by atoms with Gasteiger partial charge in [-0.25, -0.2) is 0 Å². The van der Waals surface area contributed by atoms with Gasteiger partial charge in [-0.05, 0) is 23.1 Å². The molecule has 0 saturated carbocycles. The highest BCUT2D eigenvalue weighted by molar-refractivity contribution is 6.92. The smallest absolute Gasteiger partial charge is 0.101 e. The van der Waals surface area contributed by atoms with E-state index in [1.165, 1.54) is 68.1 Å². The molecule has 0 bridgehead atoms. The van der Waals surface area contributed by atoms with Gasteiger partial charge in [-0.3, -0.25) is 0 Å². The summed E-state index contributed by atoms with van der Waals surface area (Å²) >= 11 is 7.69. The van der Waals surface area contributed by atoms with Gasteiger partial charge in [-0.1, -0.05) is 149 Å². The van der Waals surface area contributed by atoms with E-state index in [0.29, 0.717) is 0 Å². The summed E-state index contributed by atoms with van der Waals surface area (Å²) in [6.07, 6.45) is 11.7. The van der Waals surface area contributed by atoms with E-state index in [1.807, 2.05) is 0 Å². The van der Waals surface area contributed by atoms with Gasteiger partial charge in [0.05, 0.1) is 0 Å². The Labute approximate surface area is 204 Å². The summed E-state index contributed by atoms with van der Waals surface area (Å²) in [5.74, 6) is 0.222. The standard InChI is InChI=1S/C30H37Cl.H3P/c1-2-3-4-5-6-7-8-18-25-29(26-19-12-9-13-20-26)30(31,27-21-14-10-15-22-27)28-23-16-11-17-24-28;/h9-17,19-24,29H,2-8,18,25H2,1H3;1H3. The Balaban J connectivity index is 0.00000363. The highest BCUT2D eigenvalue weighted by Gasteiger charge is 2.40. The fraction of sp³-hybridized carbons (Fsp3) is 0.400. The van der Waals surface area contributed by atoms with E-state index in [9.17, 15) is 0 Å². The van der Waals surface area contributed by atoms with E-state index in [0.717, 1.165) is 6.42 Å². The monoisotopic (exact) mass is 466 g/mol. The minimum absolute atomic E-state index is 0. The number of hydrogen-bond acceptors (Lipinski definition) is 0. The van der Waals surface area contributed by atoms with Crippen molar-refractivity contribution >= 4 is 21.5 Å². The largest absolute Gasteiger partial charge is 0.153 e. The summed E-state index contributed by atoms with van der Waals surface area (Å²) in [4.78, 5) is -0.578. The maximum absolute atomic E-state index is 7.69. The topological polar surface area (TPSA) is 0 Å². The Morgan fingerprint density at radius 2 is 1.00 bits per heavy atom. The van der Waals surface area contributed by atoms with Gasteiger partial charge in [-0.2, -0.15) is 9.90 Å². The molecule has 0 aliphatic heterocycles. The zero-order valence-electron chi connectivity index (χ0n) is 19.7. The molecule has 0 aromatic heterocycles. The van der Waals surface area contributed by atoms with Crippen molar-refractivity contribution in [2.75, 3.05) is 0 Å². The van der Waals surface area contributed by atoms with Crippen molar-refractivity contribution in [1.82, 2.24) is 0 Å². The van der Waals surface area contributed by atoms with Crippen LogP contribution in [0.3, 0.4) is 0 Å². The van der Waals surface area contributed by atoms with E-state index < -0.39 is 4.87 Å². The quantitative estimate of drug-likeness (QED) is 0.133. The van der Waals surface area contributed by atoms with Crippen LogP contribution in [0.2, 0.25) is 0 Å². The van der Waals surface area contributed by atoms with E-state index in [2.05, 4.69) is 97.9 Å². The first-order chi connectivity index (χ1) is 15.3. The molecule has 0 nitrogen and oxygen atoms in total. The van der Waals surface area contributed by atoms with Gasteiger partial charge in [0.15, 0.2) is 0 Å². The third kappa shape index (κ3) is 7.19. The summed E-state index contributed by atoms with van der Waals surface area (Å²) in [7, 11) is 0. The van der Waals surface area contributed by atoms with Crippen molar-refractivity contribution in [1.29, 1.82) is 0 Å². The van der Waals surface area contributed by atoms with Gasteiger partial charge in [-0.15, -0.1) is 11.6 Å². The van der Waals surface area contributed by atoms with Crippen LogP contribution in [0, 0.1) is 0 Å². The lowest BCUT2D eigenvalue weighted by molar-refractivity contribution is 0.472. The van der Waals surface area contributed by atoms with Crippen LogP contribution in [0.1, 0.15) is 87.3 Å². The number of benzene rings is 3. The van der Waals surface area contributed by atoms with Crippen LogP contribution in [0.25, 0.3) is 0 Å². The molecule has 172 valence electrons. The molecule has 3 rings (SSSR count). The Bertz CT molecular complexity index is 808. The van der Waals surface area contributed by atoms with Crippen LogP contribution in [0.5, 0.6) is 0 Å². The predicted molar refractivity (Wildman–Crippen MR) is 147 cm³/mol. The summed E-state index contributed by atoms with van der Waals surface area (Å²) in [6, 6.07) is 32.2. The fourth-order valence-electron chi connectivity index (χ4n) is 4.69.